The topological polar surface area (TPSA) is 52.0 Å². The minimum absolute atomic E-state index is 0.436. The van der Waals surface area contributed by atoms with Crippen LogP contribution >= 0.6 is 0 Å². The first-order chi connectivity index (χ1) is 10.3. The molecule has 21 heavy (non-hydrogen) atoms. The smallest absolute Gasteiger partial charge is 0.147 e. The van der Waals surface area contributed by atoms with E-state index in [1.807, 2.05) is 30.3 Å². The quantitative estimate of drug-likeness (QED) is 0.868. The molecule has 1 aromatic carbocycles. The molecule has 0 amide bonds. The molecule has 0 saturated carbocycles. The number of aromatic nitrogens is 1. The molecular formula is C17H18N4. The Bertz CT molecular complexity index is 733. The van der Waals surface area contributed by atoms with Crippen LogP contribution in [0.5, 0.6) is 0 Å². The van der Waals surface area contributed by atoms with Crippen molar-refractivity contribution in [3.8, 4) is 6.07 Å². The number of nitrogens with one attached hydrogen (secondary N) is 1. The summed E-state index contributed by atoms with van der Waals surface area (Å²) in [5.41, 5.74) is 1.65. The van der Waals surface area contributed by atoms with Gasteiger partial charge in [0, 0.05) is 31.1 Å². The maximum Gasteiger partial charge on any atom is 0.147 e. The normalized spacial score (nSPS) is 27.8. The average Bonchev–Trinajstić information content (AvgIpc) is 3.09. The van der Waals surface area contributed by atoms with Crippen LogP contribution in [0.2, 0.25) is 0 Å². The summed E-state index contributed by atoms with van der Waals surface area (Å²) in [5, 5.41) is 14.0. The Morgan fingerprint density at radius 3 is 3.00 bits per heavy atom. The molecular weight excluding hydrogens is 260 g/mol. The number of nitriles is 1. The van der Waals surface area contributed by atoms with Gasteiger partial charge in [-0.25, -0.2) is 4.98 Å². The molecule has 0 radical (unpaired) electrons. The number of rotatable bonds is 1. The summed E-state index contributed by atoms with van der Waals surface area (Å²) in [5.74, 6) is 2.21. The number of benzene rings is 1. The van der Waals surface area contributed by atoms with E-state index in [0.29, 0.717) is 23.4 Å². The zero-order chi connectivity index (χ0) is 14.4. The van der Waals surface area contributed by atoms with E-state index in [2.05, 4.69) is 23.2 Å². The summed E-state index contributed by atoms with van der Waals surface area (Å²) in [6.07, 6.45) is 0. The highest BCUT2D eigenvalue weighted by molar-refractivity contribution is 5.83. The molecule has 2 aliphatic rings. The summed E-state index contributed by atoms with van der Waals surface area (Å²) in [4.78, 5) is 7.12. The van der Waals surface area contributed by atoms with Gasteiger partial charge in [-0.1, -0.05) is 18.2 Å². The highest BCUT2D eigenvalue weighted by Gasteiger charge is 2.42. The summed E-state index contributed by atoms with van der Waals surface area (Å²) in [6.45, 7) is 5.42. The van der Waals surface area contributed by atoms with Gasteiger partial charge in [0.05, 0.1) is 11.1 Å². The molecule has 1 aromatic heterocycles. The molecule has 2 saturated heterocycles. The molecule has 3 unspecified atom stereocenters. The van der Waals surface area contributed by atoms with E-state index in [9.17, 15) is 5.26 Å². The monoisotopic (exact) mass is 278 g/mol. The van der Waals surface area contributed by atoms with Crippen LogP contribution in [0.25, 0.3) is 10.9 Å². The maximum absolute atomic E-state index is 9.50. The van der Waals surface area contributed by atoms with Crippen molar-refractivity contribution in [3.05, 3.63) is 35.9 Å². The lowest BCUT2D eigenvalue weighted by atomic mass is 9.95. The van der Waals surface area contributed by atoms with Gasteiger partial charge in [0.2, 0.25) is 0 Å². The van der Waals surface area contributed by atoms with E-state index in [1.54, 1.807) is 0 Å². The third-order valence-electron chi connectivity index (χ3n) is 5.03. The number of nitrogens with zero attached hydrogens (tertiary/aromatic N) is 3. The standard InChI is InChI=1S/C17H18N4/c1-11-15-9-19-8-14(15)10-21(11)17-13(7-18)6-12-4-2-3-5-16(12)20-17/h2-6,11,14-15,19H,8-10H2,1H3. The molecule has 4 nitrogen and oxygen atoms in total. The van der Waals surface area contributed by atoms with Crippen molar-refractivity contribution in [2.24, 2.45) is 11.8 Å². The molecule has 3 atom stereocenters. The summed E-state index contributed by atoms with van der Waals surface area (Å²) < 4.78 is 0. The van der Waals surface area contributed by atoms with Crippen molar-refractivity contribution in [2.75, 3.05) is 24.5 Å². The Balaban J connectivity index is 1.81. The van der Waals surface area contributed by atoms with Gasteiger partial charge >= 0.3 is 0 Å². The first-order valence-electron chi connectivity index (χ1n) is 7.55. The molecule has 3 heterocycles. The zero-order valence-corrected chi connectivity index (χ0v) is 12.1. The van der Waals surface area contributed by atoms with Gasteiger partial charge in [0.15, 0.2) is 0 Å². The number of hydrogen-bond acceptors (Lipinski definition) is 4. The van der Waals surface area contributed by atoms with Crippen molar-refractivity contribution >= 4 is 16.7 Å². The lowest BCUT2D eigenvalue weighted by Gasteiger charge is -2.26. The fourth-order valence-electron chi connectivity index (χ4n) is 3.85. The second kappa shape index (κ2) is 4.71. The molecule has 106 valence electrons. The molecule has 4 heteroatoms. The van der Waals surface area contributed by atoms with E-state index in [0.717, 1.165) is 36.4 Å². The third kappa shape index (κ3) is 1.89. The molecule has 0 spiro atoms. The van der Waals surface area contributed by atoms with Crippen molar-refractivity contribution < 1.29 is 0 Å². The number of fused-ring (bicyclic) bond motifs is 2. The molecule has 2 aromatic rings. The second-order valence-electron chi connectivity index (χ2n) is 6.14. The van der Waals surface area contributed by atoms with E-state index < -0.39 is 0 Å². The number of anilines is 1. The van der Waals surface area contributed by atoms with E-state index in [1.165, 1.54) is 0 Å². The van der Waals surface area contributed by atoms with Crippen LogP contribution in [0.3, 0.4) is 0 Å². The Hall–Kier alpha value is -2.12. The van der Waals surface area contributed by atoms with Crippen LogP contribution in [0.1, 0.15) is 12.5 Å². The SMILES string of the molecule is CC1C2CNCC2CN1c1nc2ccccc2cc1C#N. The number of pyridine rings is 1. The largest absolute Gasteiger partial charge is 0.352 e. The van der Waals surface area contributed by atoms with Crippen LogP contribution in [-0.4, -0.2) is 30.7 Å². The van der Waals surface area contributed by atoms with Gasteiger partial charge in [-0.3, -0.25) is 0 Å². The molecule has 0 aliphatic carbocycles. The second-order valence-corrected chi connectivity index (χ2v) is 6.14. The highest BCUT2D eigenvalue weighted by Crippen LogP contribution is 2.36. The minimum atomic E-state index is 0.436. The fraction of sp³-hybridized carbons (Fsp3) is 0.412. The van der Waals surface area contributed by atoms with Crippen LogP contribution < -0.4 is 10.2 Å². The minimum Gasteiger partial charge on any atom is -0.352 e. The first-order valence-corrected chi connectivity index (χ1v) is 7.55. The summed E-state index contributed by atoms with van der Waals surface area (Å²) in [7, 11) is 0. The van der Waals surface area contributed by atoms with Crippen molar-refractivity contribution in [2.45, 2.75) is 13.0 Å². The number of hydrogen-bond donors (Lipinski definition) is 1. The molecule has 1 N–H and O–H groups in total. The Kier molecular flexibility index (Phi) is 2.83. The lowest BCUT2D eigenvalue weighted by Crippen LogP contribution is -2.34. The van der Waals surface area contributed by atoms with E-state index >= 15 is 0 Å². The molecule has 0 bridgehead atoms. The fourth-order valence-corrected chi connectivity index (χ4v) is 3.85. The predicted octanol–water partition coefficient (Wildman–Crippen LogP) is 2.15. The summed E-state index contributed by atoms with van der Waals surface area (Å²) >= 11 is 0. The van der Waals surface area contributed by atoms with E-state index in [-0.39, 0.29) is 0 Å². The van der Waals surface area contributed by atoms with Crippen LogP contribution in [0.4, 0.5) is 5.82 Å². The zero-order valence-electron chi connectivity index (χ0n) is 12.1. The van der Waals surface area contributed by atoms with Gasteiger partial charge in [-0.05, 0) is 30.9 Å². The predicted molar refractivity (Wildman–Crippen MR) is 83.1 cm³/mol. The van der Waals surface area contributed by atoms with Gasteiger partial charge in [-0.15, -0.1) is 0 Å². The van der Waals surface area contributed by atoms with Crippen molar-refractivity contribution in [3.63, 3.8) is 0 Å². The van der Waals surface area contributed by atoms with Crippen molar-refractivity contribution in [1.29, 1.82) is 5.26 Å². The molecule has 2 aliphatic heterocycles. The Morgan fingerprint density at radius 2 is 2.19 bits per heavy atom. The Morgan fingerprint density at radius 1 is 1.33 bits per heavy atom. The summed E-state index contributed by atoms with van der Waals surface area (Å²) in [6, 6.07) is 12.7. The first kappa shape index (κ1) is 12.6. The van der Waals surface area contributed by atoms with Crippen LogP contribution in [0.15, 0.2) is 30.3 Å². The van der Waals surface area contributed by atoms with Gasteiger partial charge < -0.3 is 10.2 Å². The maximum atomic E-state index is 9.50. The Labute approximate surface area is 124 Å². The lowest BCUT2D eigenvalue weighted by molar-refractivity contribution is 0.471. The van der Waals surface area contributed by atoms with Gasteiger partial charge in [0.25, 0.3) is 0 Å². The van der Waals surface area contributed by atoms with Crippen molar-refractivity contribution in [1.82, 2.24) is 10.3 Å². The van der Waals surface area contributed by atoms with E-state index in [4.69, 9.17) is 4.98 Å². The van der Waals surface area contributed by atoms with Gasteiger partial charge in [-0.2, -0.15) is 5.26 Å². The molecule has 4 rings (SSSR count). The third-order valence-corrected chi connectivity index (χ3v) is 5.03. The van der Waals surface area contributed by atoms with Crippen LogP contribution in [0, 0.1) is 23.2 Å². The highest BCUT2D eigenvalue weighted by atomic mass is 15.3. The number of para-hydroxylation sites is 1. The van der Waals surface area contributed by atoms with Gasteiger partial charge in [0.1, 0.15) is 11.9 Å². The average molecular weight is 278 g/mol. The molecule has 2 fully saturated rings. The van der Waals surface area contributed by atoms with Crippen LogP contribution in [-0.2, 0) is 0 Å².